The maximum Gasteiger partial charge on any atom is 0.0221 e. The second kappa shape index (κ2) is 6.88. The molecule has 0 aromatic carbocycles. The van der Waals surface area contributed by atoms with E-state index in [2.05, 4.69) is 36.0 Å². The Balaban J connectivity index is 1.69. The van der Waals surface area contributed by atoms with Crippen molar-refractivity contribution in [3.05, 3.63) is 0 Å². The summed E-state index contributed by atoms with van der Waals surface area (Å²) in [5.41, 5.74) is 0. The lowest BCUT2D eigenvalue weighted by Gasteiger charge is -2.34. The van der Waals surface area contributed by atoms with Crippen molar-refractivity contribution in [3.63, 3.8) is 0 Å². The fraction of sp³-hybridized carbons (Fsp3) is 1.00. The number of nitrogens with zero attached hydrogens (tertiary/aromatic N) is 2. The van der Waals surface area contributed by atoms with Crippen LogP contribution in [-0.2, 0) is 0 Å². The van der Waals surface area contributed by atoms with Gasteiger partial charge in [0.2, 0.25) is 0 Å². The Morgan fingerprint density at radius 3 is 2.56 bits per heavy atom. The van der Waals surface area contributed by atoms with Crippen LogP contribution in [0.4, 0.5) is 0 Å². The summed E-state index contributed by atoms with van der Waals surface area (Å²) in [6, 6.07) is 1.49. The zero-order chi connectivity index (χ0) is 13.0. The van der Waals surface area contributed by atoms with Gasteiger partial charge in [-0.05, 0) is 71.8 Å². The molecule has 2 saturated heterocycles. The van der Waals surface area contributed by atoms with Gasteiger partial charge in [-0.25, -0.2) is 0 Å². The van der Waals surface area contributed by atoms with Crippen LogP contribution in [0.2, 0.25) is 0 Å². The molecule has 0 aliphatic carbocycles. The topological polar surface area (TPSA) is 18.5 Å². The van der Waals surface area contributed by atoms with Crippen LogP contribution in [0.15, 0.2) is 0 Å². The molecule has 0 spiro atoms. The molecule has 2 heterocycles. The Morgan fingerprint density at radius 2 is 1.89 bits per heavy atom. The van der Waals surface area contributed by atoms with Crippen molar-refractivity contribution in [2.45, 2.75) is 51.6 Å². The Kier molecular flexibility index (Phi) is 5.46. The first-order valence-corrected chi connectivity index (χ1v) is 7.86. The van der Waals surface area contributed by atoms with E-state index in [1.807, 2.05) is 0 Å². The van der Waals surface area contributed by atoms with Crippen LogP contribution < -0.4 is 5.32 Å². The Morgan fingerprint density at radius 1 is 1.17 bits per heavy atom. The van der Waals surface area contributed by atoms with Gasteiger partial charge in [-0.15, -0.1) is 0 Å². The minimum absolute atomic E-state index is 0.693. The predicted octanol–water partition coefficient (Wildman–Crippen LogP) is 1.79. The molecular formula is C15H31N3. The lowest BCUT2D eigenvalue weighted by molar-refractivity contribution is 0.181. The van der Waals surface area contributed by atoms with E-state index in [9.17, 15) is 0 Å². The van der Waals surface area contributed by atoms with Crippen molar-refractivity contribution in [3.8, 4) is 0 Å². The molecule has 18 heavy (non-hydrogen) atoms. The van der Waals surface area contributed by atoms with Crippen molar-refractivity contribution in [2.24, 2.45) is 5.92 Å². The summed E-state index contributed by atoms with van der Waals surface area (Å²) in [4.78, 5) is 5.09. The largest absolute Gasteiger partial charge is 0.312 e. The molecule has 0 aromatic rings. The molecule has 0 radical (unpaired) electrons. The van der Waals surface area contributed by atoms with Crippen LogP contribution in [0.3, 0.4) is 0 Å². The van der Waals surface area contributed by atoms with E-state index in [-0.39, 0.29) is 0 Å². The Bertz CT molecular complexity index is 236. The summed E-state index contributed by atoms with van der Waals surface area (Å²) in [6.45, 7) is 11.0. The highest BCUT2D eigenvalue weighted by atomic mass is 15.2. The number of piperidine rings is 1. The first-order valence-electron chi connectivity index (χ1n) is 7.86. The van der Waals surface area contributed by atoms with Crippen molar-refractivity contribution >= 4 is 0 Å². The second-order valence-corrected chi connectivity index (χ2v) is 6.26. The Hall–Kier alpha value is -0.120. The molecular weight excluding hydrogens is 222 g/mol. The number of hydrogen-bond acceptors (Lipinski definition) is 3. The maximum atomic E-state index is 3.81. The zero-order valence-electron chi connectivity index (χ0n) is 12.5. The van der Waals surface area contributed by atoms with Gasteiger partial charge in [-0.1, -0.05) is 6.92 Å². The van der Waals surface area contributed by atoms with Crippen molar-refractivity contribution in [1.29, 1.82) is 0 Å². The molecule has 2 aliphatic rings. The van der Waals surface area contributed by atoms with Gasteiger partial charge >= 0.3 is 0 Å². The van der Waals surface area contributed by atoms with Gasteiger partial charge in [-0.2, -0.15) is 0 Å². The van der Waals surface area contributed by atoms with Crippen LogP contribution in [0.1, 0.15) is 39.5 Å². The maximum absolute atomic E-state index is 3.81. The highest BCUT2D eigenvalue weighted by Crippen LogP contribution is 2.21. The van der Waals surface area contributed by atoms with Crippen molar-refractivity contribution < 1.29 is 0 Å². The average molecular weight is 253 g/mol. The van der Waals surface area contributed by atoms with E-state index in [1.54, 1.807) is 0 Å². The quantitative estimate of drug-likeness (QED) is 0.806. The van der Waals surface area contributed by atoms with Gasteiger partial charge in [0, 0.05) is 18.6 Å². The van der Waals surface area contributed by atoms with Crippen LogP contribution in [0.25, 0.3) is 0 Å². The van der Waals surface area contributed by atoms with E-state index in [1.165, 1.54) is 58.4 Å². The lowest BCUT2D eigenvalue weighted by Crippen LogP contribution is -2.45. The molecule has 0 bridgehead atoms. The molecule has 2 rings (SSSR count). The van der Waals surface area contributed by atoms with Gasteiger partial charge in [0.1, 0.15) is 0 Å². The highest BCUT2D eigenvalue weighted by Gasteiger charge is 2.26. The average Bonchev–Trinajstić information content (AvgIpc) is 2.84. The molecule has 2 atom stereocenters. The van der Waals surface area contributed by atoms with E-state index in [4.69, 9.17) is 0 Å². The van der Waals surface area contributed by atoms with Crippen LogP contribution in [0.5, 0.6) is 0 Å². The first-order chi connectivity index (χ1) is 8.70. The SMILES string of the molecule is CCN1CCCC1CNC(C)C1CCN(C)CC1. The van der Waals surface area contributed by atoms with Gasteiger partial charge in [0.25, 0.3) is 0 Å². The number of nitrogens with one attached hydrogen (secondary N) is 1. The van der Waals surface area contributed by atoms with E-state index in [0.717, 1.165) is 12.0 Å². The predicted molar refractivity (Wildman–Crippen MR) is 78.0 cm³/mol. The lowest BCUT2D eigenvalue weighted by atomic mass is 9.90. The molecule has 3 nitrogen and oxygen atoms in total. The monoisotopic (exact) mass is 253 g/mol. The molecule has 1 N–H and O–H groups in total. The summed E-state index contributed by atoms with van der Waals surface area (Å²) in [6.07, 6.45) is 5.52. The molecule has 106 valence electrons. The molecule has 0 amide bonds. The van der Waals surface area contributed by atoms with Crippen molar-refractivity contribution in [2.75, 3.05) is 39.8 Å². The van der Waals surface area contributed by atoms with Gasteiger partial charge in [0.05, 0.1) is 0 Å². The molecule has 0 saturated carbocycles. The number of hydrogen-bond donors (Lipinski definition) is 1. The fourth-order valence-corrected chi connectivity index (χ4v) is 3.56. The third kappa shape index (κ3) is 3.69. The molecule has 3 heteroatoms. The molecule has 0 aromatic heterocycles. The fourth-order valence-electron chi connectivity index (χ4n) is 3.56. The number of likely N-dealkylation sites (N-methyl/N-ethyl adjacent to an activating group) is 1. The summed E-state index contributed by atoms with van der Waals surface area (Å²) >= 11 is 0. The van der Waals surface area contributed by atoms with Gasteiger partial charge in [0.15, 0.2) is 0 Å². The molecule has 2 fully saturated rings. The van der Waals surface area contributed by atoms with E-state index in [0.29, 0.717) is 6.04 Å². The minimum atomic E-state index is 0.693. The first kappa shape index (κ1) is 14.3. The van der Waals surface area contributed by atoms with E-state index >= 15 is 0 Å². The second-order valence-electron chi connectivity index (χ2n) is 6.26. The summed E-state index contributed by atoms with van der Waals surface area (Å²) in [5, 5.41) is 3.81. The van der Waals surface area contributed by atoms with Gasteiger partial charge < -0.3 is 10.2 Å². The van der Waals surface area contributed by atoms with Crippen molar-refractivity contribution in [1.82, 2.24) is 15.1 Å². The third-order valence-corrected chi connectivity index (χ3v) is 5.05. The Labute approximate surface area is 113 Å². The summed E-state index contributed by atoms with van der Waals surface area (Å²) in [7, 11) is 2.24. The highest BCUT2D eigenvalue weighted by molar-refractivity contribution is 4.84. The third-order valence-electron chi connectivity index (χ3n) is 5.05. The van der Waals surface area contributed by atoms with E-state index < -0.39 is 0 Å². The summed E-state index contributed by atoms with van der Waals surface area (Å²) < 4.78 is 0. The van der Waals surface area contributed by atoms with Crippen LogP contribution in [0, 0.1) is 5.92 Å². The number of likely N-dealkylation sites (tertiary alicyclic amines) is 2. The normalized spacial score (nSPS) is 29.8. The van der Waals surface area contributed by atoms with Crippen LogP contribution in [-0.4, -0.2) is 61.7 Å². The number of rotatable bonds is 5. The molecule has 2 aliphatic heterocycles. The van der Waals surface area contributed by atoms with Gasteiger partial charge in [-0.3, -0.25) is 4.90 Å². The van der Waals surface area contributed by atoms with Crippen LogP contribution >= 0.6 is 0 Å². The minimum Gasteiger partial charge on any atom is -0.312 e. The smallest absolute Gasteiger partial charge is 0.0221 e. The summed E-state index contributed by atoms with van der Waals surface area (Å²) in [5.74, 6) is 0.887. The zero-order valence-corrected chi connectivity index (χ0v) is 12.5. The molecule has 2 unspecified atom stereocenters. The standard InChI is InChI=1S/C15H31N3/c1-4-18-9-5-6-15(18)12-16-13(2)14-7-10-17(3)11-8-14/h13-16H,4-12H2,1-3H3.